The summed E-state index contributed by atoms with van der Waals surface area (Å²) in [5.74, 6) is -1.62. The lowest BCUT2D eigenvalue weighted by molar-refractivity contribution is -0.161. The van der Waals surface area contributed by atoms with E-state index < -0.39 is 47.6 Å². The predicted molar refractivity (Wildman–Crippen MR) is 142 cm³/mol. The molecule has 220 valence electrons. The largest absolute Gasteiger partial charge is 0.514 e. The van der Waals surface area contributed by atoms with Gasteiger partial charge in [0.2, 0.25) is 0 Å². The molecule has 0 aliphatic carbocycles. The summed E-state index contributed by atoms with van der Waals surface area (Å²) in [7, 11) is 0. The maximum atomic E-state index is 12.5. The molecule has 1 aromatic carbocycles. The summed E-state index contributed by atoms with van der Waals surface area (Å²) in [5.41, 5.74) is 4.96. The van der Waals surface area contributed by atoms with Crippen molar-refractivity contribution < 1.29 is 47.6 Å². The van der Waals surface area contributed by atoms with Crippen LogP contribution in [0.1, 0.15) is 80.7 Å². The first-order valence-corrected chi connectivity index (χ1v) is 13.1. The van der Waals surface area contributed by atoms with Gasteiger partial charge in [-0.05, 0) is 71.6 Å². The van der Waals surface area contributed by atoms with Crippen molar-refractivity contribution in [2.45, 2.75) is 105 Å². The molecule has 0 bridgehead atoms. The van der Waals surface area contributed by atoms with Crippen LogP contribution in [0.3, 0.4) is 0 Å². The summed E-state index contributed by atoms with van der Waals surface area (Å²) >= 11 is 0. The smallest absolute Gasteiger partial charge is 0.461 e. The molecule has 0 fully saturated rings. The summed E-state index contributed by atoms with van der Waals surface area (Å²) < 4.78 is 31.7. The number of carbonyl (C=O) groups is 4. The predicted octanol–water partition coefficient (Wildman–Crippen LogP) is 5.10. The van der Waals surface area contributed by atoms with Crippen molar-refractivity contribution in [2.75, 3.05) is 6.61 Å². The third kappa shape index (κ3) is 12.4. The zero-order chi connectivity index (χ0) is 30.0. The van der Waals surface area contributed by atoms with Crippen LogP contribution in [0, 0.1) is 5.92 Å². The molecule has 1 aromatic rings. The van der Waals surface area contributed by atoms with Gasteiger partial charge in [0.05, 0.1) is 5.92 Å². The number of nitrogens with two attached hydrogens (primary N) is 1. The number of ether oxygens (including phenoxy) is 6. The molecule has 0 aliphatic rings. The lowest BCUT2D eigenvalue weighted by Gasteiger charge is -2.24. The minimum atomic E-state index is -1.07. The molecule has 0 heterocycles. The molecule has 11 heteroatoms. The van der Waals surface area contributed by atoms with Gasteiger partial charge in [0.15, 0.2) is 11.5 Å². The number of hydrogen-bond acceptors (Lipinski definition) is 11. The van der Waals surface area contributed by atoms with E-state index in [1.807, 2.05) is 13.8 Å². The van der Waals surface area contributed by atoms with Crippen LogP contribution in [0.25, 0.3) is 0 Å². The van der Waals surface area contributed by atoms with Crippen molar-refractivity contribution in [2.24, 2.45) is 11.7 Å². The van der Waals surface area contributed by atoms with Crippen LogP contribution in [0.15, 0.2) is 18.2 Å². The van der Waals surface area contributed by atoms with Crippen LogP contribution < -0.4 is 15.2 Å². The monoisotopic (exact) mass is 553 g/mol. The Balaban J connectivity index is 3.01. The molecular weight excluding hydrogens is 510 g/mol. The van der Waals surface area contributed by atoms with Crippen LogP contribution in [-0.4, -0.2) is 54.2 Å². The fraction of sp³-hybridized carbons (Fsp3) is 0.643. The molecule has 0 radical (unpaired) electrons. The quantitative estimate of drug-likeness (QED) is 0.197. The first kappa shape index (κ1) is 33.7. The molecular formula is C28H43NO10. The fourth-order valence-electron chi connectivity index (χ4n) is 2.67. The highest BCUT2D eigenvalue weighted by atomic mass is 16.8. The number of rotatable bonds is 13. The summed E-state index contributed by atoms with van der Waals surface area (Å²) in [5, 5.41) is 0. The first-order chi connectivity index (χ1) is 18.0. The van der Waals surface area contributed by atoms with Crippen molar-refractivity contribution in [1.29, 1.82) is 0 Å². The molecule has 0 saturated heterocycles. The van der Waals surface area contributed by atoms with E-state index in [1.54, 1.807) is 54.5 Å². The molecule has 0 spiro atoms. The van der Waals surface area contributed by atoms with E-state index in [2.05, 4.69) is 0 Å². The normalized spacial score (nSPS) is 13.2. The molecule has 11 nitrogen and oxygen atoms in total. The minimum Gasteiger partial charge on any atom is -0.461 e. The van der Waals surface area contributed by atoms with E-state index >= 15 is 0 Å². The van der Waals surface area contributed by atoms with Crippen LogP contribution >= 0.6 is 0 Å². The Kier molecular flexibility index (Phi) is 12.7. The highest BCUT2D eigenvalue weighted by molar-refractivity contribution is 5.76. The standard InChI is InChI=1S/C28H43NO10/c1-10-27(6,7)38-25(32)36-21-13-12-19(15-22(21)37-26(33)39-28(8,9)11-2)14-20(29)24(31)34-16-18(5)35-23(30)17(3)4/h12-13,15,17-18,20H,10-11,14,16,29H2,1-9H3/t18-,20-/m0/s1. The van der Waals surface area contributed by atoms with Gasteiger partial charge >= 0.3 is 24.2 Å². The van der Waals surface area contributed by atoms with E-state index in [0.29, 0.717) is 18.4 Å². The van der Waals surface area contributed by atoms with Gasteiger partial charge in [-0.2, -0.15) is 0 Å². The van der Waals surface area contributed by atoms with E-state index in [9.17, 15) is 19.2 Å². The number of carbonyl (C=O) groups excluding carboxylic acids is 4. The SMILES string of the molecule is CCC(C)(C)OC(=O)Oc1ccc(C[C@H](N)C(=O)OC[C@H](C)OC(=O)C(C)C)cc1OC(=O)OC(C)(C)CC. The van der Waals surface area contributed by atoms with Gasteiger partial charge in [-0.25, -0.2) is 9.59 Å². The molecule has 0 amide bonds. The molecule has 0 aliphatic heterocycles. The van der Waals surface area contributed by atoms with Crippen LogP contribution in [0.5, 0.6) is 11.5 Å². The average molecular weight is 554 g/mol. The molecule has 2 atom stereocenters. The van der Waals surface area contributed by atoms with Crippen molar-refractivity contribution in [3.8, 4) is 11.5 Å². The molecule has 0 aromatic heterocycles. The minimum absolute atomic E-state index is 0.0124. The lowest BCUT2D eigenvalue weighted by Crippen LogP contribution is -2.36. The van der Waals surface area contributed by atoms with E-state index in [0.717, 1.165) is 0 Å². The maximum absolute atomic E-state index is 12.5. The van der Waals surface area contributed by atoms with Gasteiger partial charge in [-0.3, -0.25) is 9.59 Å². The fourth-order valence-corrected chi connectivity index (χ4v) is 2.67. The number of esters is 2. The highest BCUT2D eigenvalue weighted by Crippen LogP contribution is 2.31. The van der Waals surface area contributed by atoms with Crippen molar-refractivity contribution in [1.82, 2.24) is 0 Å². The summed E-state index contributed by atoms with van der Waals surface area (Å²) in [4.78, 5) is 48.9. The topological polar surface area (TPSA) is 150 Å². The Morgan fingerprint density at radius 2 is 1.33 bits per heavy atom. The third-order valence-electron chi connectivity index (χ3n) is 5.82. The maximum Gasteiger partial charge on any atom is 0.514 e. The average Bonchev–Trinajstić information content (AvgIpc) is 2.83. The Labute approximate surface area is 230 Å². The van der Waals surface area contributed by atoms with Crippen LogP contribution in [0.4, 0.5) is 9.59 Å². The molecule has 0 saturated carbocycles. The van der Waals surface area contributed by atoms with Gasteiger partial charge in [0.1, 0.15) is 30.0 Å². The van der Waals surface area contributed by atoms with Gasteiger partial charge in [0, 0.05) is 0 Å². The van der Waals surface area contributed by atoms with Crippen LogP contribution in [0.2, 0.25) is 0 Å². The molecule has 1 rings (SSSR count). The van der Waals surface area contributed by atoms with Gasteiger partial charge in [-0.15, -0.1) is 0 Å². The van der Waals surface area contributed by atoms with E-state index in [1.165, 1.54) is 12.1 Å². The Morgan fingerprint density at radius 3 is 1.82 bits per heavy atom. The van der Waals surface area contributed by atoms with Gasteiger partial charge in [-0.1, -0.05) is 33.8 Å². The second-order valence-corrected chi connectivity index (χ2v) is 10.8. The summed E-state index contributed by atoms with van der Waals surface area (Å²) in [6.45, 7) is 15.5. The van der Waals surface area contributed by atoms with Crippen molar-refractivity contribution in [3.63, 3.8) is 0 Å². The second-order valence-electron chi connectivity index (χ2n) is 10.8. The second kappa shape index (κ2) is 14.7. The zero-order valence-corrected chi connectivity index (χ0v) is 24.5. The Bertz CT molecular complexity index is 1000. The van der Waals surface area contributed by atoms with Crippen molar-refractivity contribution >= 4 is 24.2 Å². The highest BCUT2D eigenvalue weighted by Gasteiger charge is 2.27. The molecule has 0 unspecified atom stereocenters. The van der Waals surface area contributed by atoms with Gasteiger partial charge < -0.3 is 34.2 Å². The van der Waals surface area contributed by atoms with Gasteiger partial charge in [0.25, 0.3) is 0 Å². The number of hydrogen-bond donors (Lipinski definition) is 1. The summed E-state index contributed by atoms with van der Waals surface area (Å²) in [6.07, 6.45) is -1.51. The Hall–Kier alpha value is -3.34. The third-order valence-corrected chi connectivity index (χ3v) is 5.82. The van der Waals surface area contributed by atoms with Crippen molar-refractivity contribution in [3.05, 3.63) is 23.8 Å². The molecule has 39 heavy (non-hydrogen) atoms. The van der Waals surface area contributed by atoms with E-state index in [4.69, 9.17) is 34.2 Å². The molecule has 2 N–H and O–H groups in total. The lowest BCUT2D eigenvalue weighted by atomic mass is 10.1. The Morgan fingerprint density at radius 1 is 0.821 bits per heavy atom. The first-order valence-electron chi connectivity index (χ1n) is 13.1. The summed E-state index contributed by atoms with van der Waals surface area (Å²) in [6, 6.07) is 3.30. The van der Waals surface area contributed by atoms with E-state index in [-0.39, 0.29) is 30.4 Å². The number of benzene rings is 1. The zero-order valence-electron chi connectivity index (χ0n) is 24.5. The van der Waals surface area contributed by atoms with Crippen LogP contribution in [-0.2, 0) is 35.0 Å².